The van der Waals surface area contributed by atoms with E-state index in [-0.39, 0.29) is 0 Å². The molecule has 14 heavy (non-hydrogen) atoms. The summed E-state index contributed by atoms with van der Waals surface area (Å²) in [5.74, 6) is 0.976. The highest BCUT2D eigenvalue weighted by Crippen LogP contribution is 2.53. The molecule has 0 unspecified atom stereocenters. The van der Waals surface area contributed by atoms with E-state index in [9.17, 15) is 0 Å². The van der Waals surface area contributed by atoms with E-state index in [1.165, 1.54) is 44.9 Å². The van der Waals surface area contributed by atoms with Crippen molar-refractivity contribution in [2.24, 2.45) is 22.5 Å². The molecule has 2 aliphatic rings. The second-order valence-electron chi connectivity index (χ2n) is 6.36. The van der Waals surface area contributed by atoms with Gasteiger partial charge in [0.15, 0.2) is 0 Å². The van der Waals surface area contributed by atoms with E-state index in [0.29, 0.717) is 10.8 Å². The largest absolute Gasteiger partial charge is 0.330 e. The predicted octanol–water partition coefficient (Wildman–Crippen LogP) is 3.33. The minimum atomic E-state index is 0.549. The van der Waals surface area contributed by atoms with Gasteiger partial charge >= 0.3 is 0 Å². The highest BCUT2D eigenvalue weighted by Gasteiger charge is 2.44. The molecule has 0 saturated heterocycles. The Morgan fingerprint density at radius 3 is 2.00 bits per heavy atom. The van der Waals surface area contributed by atoms with Crippen LogP contribution in [0, 0.1) is 16.7 Å². The maximum Gasteiger partial charge on any atom is -0.00179 e. The van der Waals surface area contributed by atoms with Crippen LogP contribution in [0.1, 0.15) is 58.8 Å². The Bertz CT molecular complexity index is 193. The molecule has 0 spiro atoms. The Labute approximate surface area is 88.4 Å². The van der Waals surface area contributed by atoms with Crippen LogP contribution in [0.25, 0.3) is 0 Å². The van der Waals surface area contributed by atoms with Gasteiger partial charge < -0.3 is 5.73 Å². The third kappa shape index (κ3) is 1.71. The van der Waals surface area contributed by atoms with Gasteiger partial charge in [-0.05, 0) is 61.8 Å². The molecule has 1 heteroatoms. The Morgan fingerprint density at radius 1 is 1.07 bits per heavy atom. The Hall–Kier alpha value is -0.0400. The highest BCUT2D eigenvalue weighted by atomic mass is 14.6. The van der Waals surface area contributed by atoms with Gasteiger partial charge in [-0.15, -0.1) is 0 Å². The van der Waals surface area contributed by atoms with Crippen LogP contribution in [0.5, 0.6) is 0 Å². The lowest BCUT2D eigenvalue weighted by Crippen LogP contribution is -2.45. The first-order valence-corrected chi connectivity index (χ1v) is 6.28. The first-order chi connectivity index (χ1) is 6.58. The fourth-order valence-corrected chi connectivity index (χ4v) is 3.22. The predicted molar refractivity (Wildman–Crippen MR) is 61.1 cm³/mol. The molecule has 0 amide bonds. The van der Waals surface area contributed by atoms with Crippen molar-refractivity contribution in [2.45, 2.75) is 58.8 Å². The van der Waals surface area contributed by atoms with Crippen molar-refractivity contribution in [3.05, 3.63) is 0 Å². The van der Waals surface area contributed by atoms with Crippen molar-refractivity contribution in [3.8, 4) is 0 Å². The zero-order valence-electron chi connectivity index (χ0n) is 9.81. The van der Waals surface area contributed by atoms with E-state index < -0.39 is 0 Å². The molecule has 0 atom stereocenters. The summed E-state index contributed by atoms with van der Waals surface area (Å²) in [5.41, 5.74) is 7.17. The van der Waals surface area contributed by atoms with Crippen LogP contribution in [0.2, 0.25) is 0 Å². The van der Waals surface area contributed by atoms with Gasteiger partial charge in [0.1, 0.15) is 0 Å². The van der Waals surface area contributed by atoms with E-state index in [4.69, 9.17) is 5.73 Å². The van der Waals surface area contributed by atoms with Crippen molar-refractivity contribution in [3.63, 3.8) is 0 Å². The van der Waals surface area contributed by atoms with Crippen LogP contribution < -0.4 is 5.73 Å². The third-order valence-electron chi connectivity index (χ3n) is 4.98. The van der Waals surface area contributed by atoms with Crippen molar-refractivity contribution >= 4 is 0 Å². The second-order valence-corrected chi connectivity index (χ2v) is 6.36. The summed E-state index contributed by atoms with van der Waals surface area (Å²) in [6, 6.07) is 0. The van der Waals surface area contributed by atoms with Gasteiger partial charge in [-0.2, -0.15) is 0 Å². The lowest BCUT2D eigenvalue weighted by molar-refractivity contribution is 0.0125. The summed E-state index contributed by atoms with van der Waals surface area (Å²) in [6.07, 6.45) is 9.93. The first-order valence-electron chi connectivity index (χ1n) is 6.28. The molecule has 2 aliphatic carbocycles. The normalized spacial score (nSPS) is 31.1. The van der Waals surface area contributed by atoms with Gasteiger partial charge in [0.25, 0.3) is 0 Å². The van der Waals surface area contributed by atoms with Gasteiger partial charge in [0.2, 0.25) is 0 Å². The zero-order valence-corrected chi connectivity index (χ0v) is 9.81. The second kappa shape index (κ2) is 3.52. The van der Waals surface area contributed by atoms with E-state index in [1.807, 2.05) is 0 Å². The smallest absolute Gasteiger partial charge is 0.00179 e. The summed E-state index contributed by atoms with van der Waals surface area (Å²) in [5, 5.41) is 0. The van der Waals surface area contributed by atoms with Gasteiger partial charge in [-0.25, -0.2) is 0 Å². The van der Waals surface area contributed by atoms with Crippen molar-refractivity contribution < 1.29 is 0 Å². The molecule has 0 bridgehead atoms. The molecule has 0 heterocycles. The SMILES string of the molecule is CC1(C)CCC(CN)(C2CCC2)CC1. The van der Waals surface area contributed by atoms with Crippen molar-refractivity contribution in [2.75, 3.05) is 6.54 Å². The zero-order chi connectivity index (χ0) is 10.2. The summed E-state index contributed by atoms with van der Waals surface area (Å²) in [6.45, 7) is 5.76. The molecule has 82 valence electrons. The van der Waals surface area contributed by atoms with Crippen molar-refractivity contribution in [1.82, 2.24) is 0 Å². The summed E-state index contributed by atoms with van der Waals surface area (Å²) in [7, 11) is 0. The fourth-order valence-electron chi connectivity index (χ4n) is 3.22. The average molecular weight is 195 g/mol. The number of nitrogens with two attached hydrogens (primary N) is 1. The Morgan fingerprint density at radius 2 is 1.64 bits per heavy atom. The maximum absolute atomic E-state index is 6.04. The maximum atomic E-state index is 6.04. The minimum Gasteiger partial charge on any atom is -0.330 e. The molecule has 1 nitrogen and oxygen atoms in total. The minimum absolute atomic E-state index is 0.549. The van der Waals surface area contributed by atoms with Gasteiger partial charge in [-0.1, -0.05) is 20.3 Å². The molecule has 2 saturated carbocycles. The van der Waals surface area contributed by atoms with Gasteiger partial charge in [-0.3, -0.25) is 0 Å². The summed E-state index contributed by atoms with van der Waals surface area (Å²) < 4.78 is 0. The van der Waals surface area contributed by atoms with Crippen LogP contribution in [0.15, 0.2) is 0 Å². The quantitative estimate of drug-likeness (QED) is 0.718. The van der Waals surface area contributed by atoms with Crippen LogP contribution in [-0.2, 0) is 0 Å². The van der Waals surface area contributed by atoms with E-state index in [1.54, 1.807) is 0 Å². The molecular weight excluding hydrogens is 170 g/mol. The number of rotatable bonds is 2. The van der Waals surface area contributed by atoms with Crippen LogP contribution >= 0.6 is 0 Å². The van der Waals surface area contributed by atoms with Crippen molar-refractivity contribution in [1.29, 1.82) is 0 Å². The topological polar surface area (TPSA) is 26.0 Å². The number of hydrogen-bond acceptors (Lipinski definition) is 1. The van der Waals surface area contributed by atoms with E-state index >= 15 is 0 Å². The van der Waals surface area contributed by atoms with Crippen LogP contribution in [0.3, 0.4) is 0 Å². The molecular formula is C13H25N. The van der Waals surface area contributed by atoms with Crippen LogP contribution in [0.4, 0.5) is 0 Å². The Balaban J connectivity index is 2.01. The van der Waals surface area contributed by atoms with E-state index in [0.717, 1.165) is 12.5 Å². The average Bonchev–Trinajstić information content (AvgIpc) is 2.06. The lowest BCUT2D eigenvalue weighted by Gasteiger charge is -2.50. The molecule has 0 radical (unpaired) electrons. The lowest BCUT2D eigenvalue weighted by atomic mass is 9.55. The first kappa shape index (κ1) is 10.5. The monoisotopic (exact) mass is 195 g/mol. The molecule has 2 N–H and O–H groups in total. The van der Waals surface area contributed by atoms with Gasteiger partial charge in [0, 0.05) is 0 Å². The standard InChI is InChI=1S/C13H25N/c1-12(2)6-8-13(10-14,9-7-12)11-4-3-5-11/h11H,3-10,14H2,1-2H3. The molecule has 0 aromatic heterocycles. The summed E-state index contributed by atoms with van der Waals surface area (Å²) >= 11 is 0. The molecule has 0 aromatic carbocycles. The van der Waals surface area contributed by atoms with Gasteiger partial charge in [0.05, 0.1) is 0 Å². The fraction of sp³-hybridized carbons (Fsp3) is 1.00. The van der Waals surface area contributed by atoms with Crippen LogP contribution in [-0.4, -0.2) is 6.54 Å². The Kier molecular flexibility index (Phi) is 2.63. The molecule has 0 aromatic rings. The number of hydrogen-bond donors (Lipinski definition) is 1. The molecule has 2 fully saturated rings. The van der Waals surface area contributed by atoms with E-state index in [2.05, 4.69) is 13.8 Å². The third-order valence-corrected chi connectivity index (χ3v) is 4.98. The molecule has 2 rings (SSSR count). The molecule has 0 aliphatic heterocycles. The highest BCUT2D eigenvalue weighted by molar-refractivity contribution is 4.96. The summed E-state index contributed by atoms with van der Waals surface area (Å²) in [4.78, 5) is 0.